The minimum atomic E-state index is -0.204. The first-order valence-electron chi connectivity index (χ1n) is 6.98. The molecule has 4 heteroatoms. The van der Waals surface area contributed by atoms with Crippen molar-refractivity contribution >= 4 is 5.97 Å². The number of unbranched alkanes of at least 4 members (excludes halogenated alkanes) is 1. The molecule has 1 rings (SSSR count). The molecule has 0 unspecified atom stereocenters. The molecular formula is C16H21NO3. The van der Waals surface area contributed by atoms with Crippen LogP contribution in [0.15, 0.2) is 24.3 Å². The summed E-state index contributed by atoms with van der Waals surface area (Å²) >= 11 is 0. The van der Waals surface area contributed by atoms with Crippen molar-refractivity contribution in [3.05, 3.63) is 35.4 Å². The minimum absolute atomic E-state index is 0.204. The lowest BCUT2D eigenvalue weighted by molar-refractivity contribution is -0.144. The Balaban J connectivity index is 2.10. The summed E-state index contributed by atoms with van der Waals surface area (Å²) in [5.74, 6) is -0.204. The summed E-state index contributed by atoms with van der Waals surface area (Å²) in [7, 11) is 0. The van der Waals surface area contributed by atoms with Crippen molar-refractivity contribution in [1.29, 1.82) is 5.26 Å². The van der Waals surface area contributed by atoms with Crippen LogP contribution in [0.5, 0.6) is 0 Å². The van der Waals surface area contributed by atoms with Crippen molar-refractivity contribution < 1.29 is 14.3 Å². The number of ether oxygens (including phenoxy) is 2. The Hall–Kier alpha value is -1.86. The third-order valence-electron chi connectivity index (χ3n) is 2.80. The van der Waals surface area contributed by atoms with Gasteiger partial charge in [-0.25, -0.2) is 0 Å². The lowest BCUT2D eigenvalue weighted by Crippen LogP contribution is -2.10. The SMILES string of the molecule is CCCCOC(=O)CCOCCc1cccc(C#N)c1. The molecule has 0 saturated heterocycles. The molecule has 0 bridgehead atoms. The fourth-order valence-corrected chi connectivity index (χ4v) is 1.65. The molecule has 0 aliphatic heterocycles. The molecule has 1 aromatic rings. The normalized spacial score (nSPS) is 10.0. The number of nitriles is 1. The Morgan fingerprint density at radius 2 is 2.15 bits per heavy atom. The molecule has 0 atom stereocenters. The summed E-state index contributed by atoms with van der Waals surface area (Å²) in [4.78, 5) is 11.3. The van der Waals surface area contributed by atoms with Crippen LogP contribution in [0.2, 0.25) is 0 Å². The van der Waals surface area contributed by atoms with Crippen molar-refractivity contribution in [2.45, 2.75) is 32.6 Å². The highest BCUT2D eigenvalue weighted by Crippen LogP contribution is 2.05. The molecule has 0 fully saturated rings. The van der Waals surface area contributed by atoms with Crippen LogP contribution in [0, 0.1) is 11.3 Å². The van der Waals surface area contributed by atoms with Crippen LogP contribution in [-0.2, 0) is 20.7 Å². The van der Waals surface area contributed by atoms with Gasteiger partial charge in [-0.05, 0) is 30.5 Å². The second kappa shape index (κ2) is 9.99. The van der Waals surface area contributed by atoms with Crippen LogP contribution >= 0.6 is 0 Å². The molecule has 20 heavy (non-hydrogen) atoms. The summed E-state index contributed by atoms with van der Waals surface area (Å²) in [6.45, 7) is 3.47. The molecule has 108 valence electrons. The van der Waals surface area contributed by atoms with E-state index in [1.54, 1.807) is 6.07 Å². The molecule has 0 saturated carbocycles. The fraction of sp³-hybridized carbons (Fsp3) is 0.500. The molecule has 0 N–H and O–H groups in total. The van der Waals surface area contributed by atoms with Gasteiger partial charge in [0.2, 0.25) is 0 Å². The highest BCUT2D eigenvalue weighted by molar-refractivity contribution is 5.69. The molecule has 0 heterocycles. The Bertz CT molecular complexity index is 451. The van der Waals surface area contributed by atoms with E-state index in [0.717, 1.165) is 24.8 Å². The summed E-state index contributed by atoms with van der Waals surface area (Å²) < 4.78 is 10.4. The van der Waals surface area contributed by atoms with E-state index in [1.807, 2.05) is 18.2 Å². The van der Waals surface area contributed by atoms with Crippen LogP contribution < -0.4 is 0 Å². The second-order valence-corrected chi connectivity index (χ2v) is 4.50. The maximum Gasteiger partial charge on any atom is 0.308 e. The predicted molar refractivity (Wildman–Crippen MR) is 76.2 cm³/mol. The fourth-order valence-electron chi connectivity index (χ4n) is 1.65. The Morgan fingerprint density at radius 1 is 1.30 bits per heavy atom. The van der Waals surface area contributed by atoms with Gasteiger partial charge >= 0.3 is 5.97 Å². The van der Waals surface area contributed by atoms with Gasteiger partial charge in [0.05, 0.1) is 37.9 Å². The average Bonchev–Trinajstić information content (AvgIpc) is 2.47. The summed E-state index contributed by atoms with van der Waals surface area (Å²) in [5.41, 5.74) is 1.72. The summed E-state index contributed by atoms with van der Waals surface area (Å²) in [5, 5.41) is 8.79. The molecule has 0 spiro atoms. The van der Waals surface area contributed by atoms with E-state index in [9.17, 15) is 4.79 Å². The van der Waals surface area contributed by atoms with Crippen LogP contribution in [0.4, 0.5) is 0 Å². The van der Waals surface area contributed by atoms with Crippen molar-refractivity contribution in [2.24, 2.45) is 0 Å². The zero-order valence-corrected chi connectivity index (χ0v) is 11.9. The highest BCUT2D eigenvalue weighted by Gasteiger charge is 2.02. The van der Waals surface area contributed by atoms with E-state index in [2.05, 4.69) is 13.0 Å². The standard InChI is InChI=1S/C16H21NO3/c1-2-3-9-20-16(18)8-11-19-10-7-14-5-4-6-15(12-14)13-17/h4-6,12H,2-3,7-11H2,1H3. The number of nitrogens with zero attached hydrogens (tertiary/aromatic N) is 1. The third kappa shape index (κ3) is 6.91. The van der Waals surface area contributed by atoms with Gasteiger partial charge in [-0.15, -0.1) is 0 Å². The van der Waals surface area contributed by atoms with Gasteiger partial charge < -0.3 is 9.47 Å². The molecule has 0 aliphatic rings. The molecule has 1 aromatic carbocycles. The van der Waals surface area contributed by atoms with Gasteiger partial charge in [0.25, 0.3) is 0 Å². The summed E-state index contributed by atoms with van der Waals surface area (Å²) in [6, 6.07) is 9.55. The van der Waals surface area contributed by atoms with Crippen molar-refractivity contribution in [3.8, 4) is 6.07 Å². The second-order valence-electron chi connectivity index (χ2n) is 4.50. The Labute approximate surface area is 120 Å². The van der Waals surface area contributed by atoms with Gasteiger partial charge in [0.1, 0.15) is 0 Å². The zero-order valence-electron chi connectivity index (χ0n) is 11.9. The highest BCUT2D eigenvalue weighted by atomic mass is 16.5. The van der Waals surface area contributed by atoms with Crippen LogP contribution in [0.3, 0.4) is 0 Å². The van der Waals surface area contributed by atoms with Gasteiger partial charge in [-0.3, -0.25) is 4.79 Å². The van der Waals surface area contributed by atoms with Crippen LogP contribution in [-0.4, -0.2) is 25.8 Å². The van der Waals surface area contributed by atoms with Crippen LogP contribution in [0.1, 0.15) is 37.3 Å². The topological polar surface area (TPSA) is 59.3 Å². The summed E-state index contributed by atoms with van der Waals surface area (Å²) in [6.07, 6.45) is 2.95. The third-order valence-corrected chi connectivity index (χ3v) is 2.80. The maximum atomic E-state index is 11.3. The quantitative estimate of drug-likeness (QED) is 0.513. The minimum Gasteiger partial charge on any atom is -0.466 e. The average molecular weight is 275 g/mol. The molecule has 0 aromatic heterocycles. The lowest BCUT2D eigenvalue weighted by Gasteiger charge is -2.05. The number of esters is 1. The number of benzene rings is 1. The van der Waals surface area contributed by atoms with Gasteiger partial charge in [0, 0.05) is 0 Å². The Morgan fingerprint density at radius 3 is 2.90 bits per heavy atom. The van der Waals surface area contributed by atoms with E-state index in [4.69, 9.17) is 14.7 Å². The lowest BCUT2D eigenvalue weighted by atomic mass is 10.1. The van der Waals surface area contributed by atoms with E-state index in [-0.39, 0.29) is 5.97 Å². The van der Waals surface area contributed by atoms with E-state index in [1.165, 1.54) is 0 Å². The van der Waals surface area contributed by atoms with Crippen molar-refractivity contribution in [2.75, 3.05) is 19.8 Å². The van der Waals surface area contributed by atoms with Gasteiger partial charge in [0.15, 0.2) is 0 Å². The molecular weight excluding hydrogens is 254 g/mol. The first kappa shape index (κ1) is 16.2. The number of hydrogen-bond donors (Lipinski definition) is 0. The Kier molecular flexibility index (Phi) is 8.09. The first-order valence-corrected chi connectivity index (χ1v) is 6.98. The van der Waals surface area contributed by atoms with Gasteiger partial charge in [-0.1, -0.05) is 25.5 Å². The molecule has 0 radical (unpaired) electrons. The first-order chi connectivity index (χ1) is 9.76. The molecule has 0 amide bonds. The van der Waals surface area contributed by atoms with E-state index < -0.39 is 0 Å². The number of carbonyl (C=O) groups excluding carboxylic acids is 1. The van der Waals surface area contributed by atoms with Crippen molar-refractivity contribution in [1.82, 2.24) is 0 Å². The van der Waals surface area contributed by atoms with E-state index >= 15 is 0 Å². The number of carbonyl (C=O) groups is 1. The zero-order chi connectivity index (χ0) is 14.6. The van der Waals surface area contributed by atoms with E-state index in [0.29, 0.717) is 31.8 Å². The maximum absolute atomic E-state index is 11.3. The van der Waals surface area contributed by atoms with Crippen molar-refractivity contribution in [3.63, 3.8) is 0 Å². The molecule has 0 aliphatic carbocycles. The number of rotatable bonds is 9. The largest absolute Gasteiger partial charge is 0.466 e. The predicted octanol–water partition coefficient (Wildman–Crippen LogP) is 2.85. The monoisotopic (exact) mass is 275 g/mol. The van der Waals surface area contributed by atoms with Gasteiger partial charge in [-0.2, -0.15) is 5.26 Å². The molecule has 4 nitrogen and oxygen atoms in total. The number of hydrogen-bond acceptors (Lipinski definition) is 4. The smallest absolute Gasteiger partial charge is 0.308 e. The van der Waals surface area contributed by atoms with Crippen LogP contribution in [0.25, 0.3) is 0 Å².